The number of benzene rings is 2. The van der Waals surface area contributed by atoms with Gasteiger partial charge in [0, 0.05) is 24.2 Å². The molecule has 1 aliphatic carbocycles. The van der Waals surface area contributed by atoms with Crippen molar-refractivity contribution in [3.8, 4) is 5.75 Å². The first-order valence-corrected chi connectivity index (χ1v) is 10.8. The molecule has 2 aromatic rings. The molecule has 0 aromatic heterocycles. The second kappa shape index (κ2) is 13.4. The summed E-state index contributed by atoms with van der Waals surface area (Å²) in [6.07, 6.45) is 3.00. The Morgan fingerprint density at radius 2 is 1.87 bits per heavy atom. The van der Waals surface area contributed by atoms with Crippen LogP contribution in [0.15, 0.2) is 53.5 Å². The van der Waals surface area contributed by atoms with Gasteiger partial charge in [0.05, 0.1) is 6.54 Å². The van der Waals surface area contributed by atoms with Gasteiger partial charge in [-0.15, -0.1) is 24.0 Å². The molecule has 2 aromatic carbocycles. The first-order valence-electron chi connectivity index (χ1n) is 10.4. The molecule has 0 unspecified atom stereocenters. The minimum absolute atomic E-state index is 0. The van der Waals surface area contributed by atoms with Crippen LogP contribution in [0, 0.1) is 0 Å². The monoisotopic (exact) mass is 556 g/mol. The van der Waals surface area contributed by atoms with Gasteiger partial charge in [-0.05, 0) is 55.5 Å². The van der Waals surface area contributed by atoms with Crippen molar-refractivity contribution < 1.29 is 9.53 Å². The fraction of sp³-hybridized carbons (Fsp3) is 0.391. The van der Waals surface area contributed by atoms with Crippen LogP contribution in [0.4, 0.5) is 0 Å². The van der Waals surface area contributed by atoms with E-state index >= 15 is 0 Å². The largest absolute Gasteiger partial charge is 0.484 e. The van der Waals surface area contributed by atoms with Gasteiger partial charge < -0.3 is 20.7 Å². The van der Waals surface area contributed by atoms with Crippen LogP contribution < -0.4 is 20.7 Å². The number of amides is 1. The molecule has 0 aliphatic heterocycles. The number of hydrogen-bond acceptors (Lipinski definition) is 3. The van der Waals surface area contributed by atoms with Crippen LogP contribution in [0.1, 0.15) is 30.9 Å². The standard InChI is InChI=1S/C23H29ClN4O2.HI/c1-2-25-23(27-15-18-5-3-4-6-21(18)24)26-14-13-17-7-11-20(12-8-17)30-16-22(29)28-19-9-10-19;/h3-8,11-12,19H,2,9-10,13-16H2,1H3,(H,28,29)(H2,25,26,27);1H. The highest BCUT2D eigenvalue weighted by Gasteiger charge is 2.23. The average Bonchev–Trinajstić information content (AvgIpc) is 3.56. The lowest BCUT2D eigenvalue weighted by Gasteiger charge is -2.12. The van der Waals surface area contributed by atoms with Crippen LogP contribution in [0.3, 0.4) is 0 Å². The van der Waals surface area contributed by atoms with E-state index in [1.54, 1.807) is 0 Å². The smallest absolute Gasteiger partial charge is 0.258 e. The normalized spacial score (nSPS) is 13.2. The average molecular weight is 557 g/mol. The van der Waals surface area contributed by atoms with E-state index in [2.05, 4.69) is 20.9 Å². The molecule has 1 fully saturated rings. The fourth-order valence-electron chi connectivity index (χ4n) is 2.86. The molecule has 31 heavy (non-hydrogen) atoms. The van der Waals surface area contributed by atoms with Crippen molar-refractivity contribution in [3.05, 3.63) is 64.7 Å². The van der Waals surface area contributed by atoms with Crippen LogP contribution in [0.25, 0.3) is 0 Å². The predicted molar refractivity (Wildman–Crippen MR) is 136 cm³/mol. The summed E-state index contributed by atoms with van der Waals surface area (Å²) in [5.74, 6) is 1.41. The minimum atomic E-state index is -0.0576. The van der Waals surface area contributed by atoms with Crippen molar-refractivity contribution in [3.63, 3.8) is 0 Å². The Labute approximate surface area is 206 Å². The minimum Gasteiger partial charge on any atom is -0.484 e. The SMILES string of the molecule is CCNC(=NCc1ccccc1Cl)NCCc1ccc(OCC(=O)NC2CC2)cc1.I. The summed E-state index contributed by atoms with van der Waals surface area (Å²) < 4.78 is 5.54. The van der Waals surface area contributed by atoms with E-state index in [9.17, 15) is 4.79 Å². The topological polar surface area (TPSA) is 74.8 Å². The molecular formula is C23H30ClIN4O2. The Kier molecular flexibility index (Phi) is 10.9. The van der Waals surface area contributed by atoms with Crippen LogP contribution in [-0.2, 0) is 17.8 Å². The maximum Gasteiger partial charge on any atom is 0.258 e. The number of nitrogens with one attached hydrogen (secondary N) is 3. The Bertz CT molecular complexity index is 857. The summed E-state index contributed by atoms with van der Waals surface area (Å²) in [7, 11) is 0. The number of aliphatic imine (C=N–C) groups is 1. The first-order chi connectivity index (χ1) is 14.6. The van der Waals surface area contributed by atoms with Gasteiger partial charge in [0.2, 0.25) is 0 Å². The molecule has 6 nitrogen and oxygen atoms in total. The van der Waals surface area contributed by atoms with Gasteiger partial charge in [-0.25, -0.2) is 4.99 Å². The number of halogens is 2. The quantitative estimate of drug-likeness (QED) is 0.236. The lowest BCUT2D eigenvalue weighted by atomic mass is 10.1. The van der Waals surface area contributed by atoms with Gasteiger partial charge in [0.15, 0.2) is 12.6 Å². The molecule has 3 rings (SSSR count). The summed E-state index contributed by atoms with van der Waals surface area (Å²) in [6.45, 7) is 4.16. The fourth-order valence-corrected chi connectivity index (χ4v) is 3.05. The molecule has 1 aliphatic rings. The highest BCUT2D eigenvalue weighted by molar-refractivity contribution is 14.0. The zero-order valence-corrected chi connectivity index (χ0v) is 20.8. The highest BCUT2D eigenvalue weighted by atomic mass is 127. The Balaban J connectivity index is 0.00000341. The third-order valence-corrected chi connectivity index (χ3v) is 5.02. The van der Waals surface area contributed by atoms with Gasteiger partial charge in [-0.1, -0.05) is 41.9 Å². The van der Waals surface area contributed by atoms with Crippen LogP contribution in [0.5, 0.6) is 5.75 Å². The Hall–Kier alpha value is -2.00. The molecule has 0 heterocycles. The molecule has 8 heteroatoms. The van der Waals surface area contributed by atoms with E-state index in [1.165, 1.54) is 5.56 Å². The van der Waals surface area contributed by atoms with E-state index < -0.39 is 0 Å². The maximum atomic E-state index is 11.7. The van der Waals surface area contributed by atoms with Crippen molar-refractivity contribution in [2.75, 3.05) is 19.7 Å². The Morgan fingerprint density at radius 1 is 1.13 bits per heavy atom. The van der Waals surface area contributed by atoms with Crippen molar-refractivity contribution in [2.24, 2.45) is 4.99 Å². The molecule has 1 saturated carbocycles. The van der Waals surface area contributed by atoms with E-state index in [1.807, 2.05) is 55.5 Å². The predicted octanol–water partition coefficient (Wildman–Crippen LogP) is 3.91. The summed E-state index contributed by atoms with van der Waals surface area (Å²) in [5, 5.41) is 10.2. The number of guanidine groups is 1. The van der Waals surface area contributed by atoms with Crippen LogP contribution >= 0.6 is 35.6 Å². The summed E-state index contributed by atoms with van der Waals surface area (Å²) >= 11 is 6.20. The molecule has 0 atom stereocenters. The Morgan fingerprint density at radius 3 is 2.55 bits per heavy atom. The number of hydrogen-bond donors (Lipinski definition) is 3. The van der Waals surface area contributed by atoms with Crippen molar-refractivity contribution in [1.82, 2.24) is 16.0 Å². The van der Waals surface area contributed by atoms with Gasteiger partial charge in [-0.2, -0.15) is 0 Å². The van der Waals surface area contributed by atoms with Crippen LogP contribution in [-0.4, -0.2) is 37.6 Å². The van der Waals surface area contributed by atoms with Gasteiger partial charge in [0.25, 0.3) is 5.91 Å². The number of carbonyl (C=O) groups is 1. The lowest BCUT2D eigenvalue weighted by Crippen LogP contribution is -2.38. The number of rotatable bonds is 10. The number of ether oxygens (including phenoxy) is 1. The lowest BCUT2D eigenvalue weighted by molar-refractivity contribution is -0.123. The van der Waals surface area contributed by atoms with Gasteiger partial charge in [0.1, 0.15) is 5.75 Å². The molecule has 168 valence electrons. The first kappa shape index (κ1) is 25.3. The molecular weight excluding hydrogens is 527 g/mol. The third kappa shape index (κ3) is 9.35. The van der Waals surface area contributed by atoms with Crippen LogP contribution in [0.2, 0.25) is 5.02 Å². The maximum absolute atomic E-state index is 11.7. The van der Waals surface area contributed by atoms with E-state index in [-0.39, 0.29) is 36.5 Å². The summed E-state index contributed by atoms with van der Waals surface area (Å²) in [4.78, 5) is 16.3. The zero-order valence-electron chi connectivity index (χ0n) is 17.7. The van der Waals surface area contributed by atoms with Gasteiger partial charge in [-0.3, -0.25) is 4.79 Å². The number of nitrogens with zero attached hydrogens (tertiary/aromatic N) is 1. The van der Waals surface area contributed by atoms with E-state index in [4.69, 9.17) is 16.3 Å². The van der Waals surface area contributed by atoms with Crippen molar-refractivity contribution in [2.45, 2.75) is 38.8 Å². The zero-order chi connectivity index (χ0) is 21.2. The molecule has 1 amide bonds. The highest BCUT2D eigenvalue weighted by Crippen LogP contribution is 2.18. The molecule has 0 spiro atoms. The summed E-state index contributed by atoms with van der Waals surface area (Å²) in [5.41, 5.74) is 2.18. The summed E-state index contributed by atoms with van der Waals surface area (Å²) in [6, 6.07) is 15.9. The second-order valence-electron chi connectivity index (χ2n) is 7.24. The third-order valence-electron chi connectivity index (χ3n) is 4.65. The molecule has 3 N–H and O–H groups in total. The molecule has 0 bridgehead atoms. The second-order valence-corrected chi connectivity index (χ2v) is 7.64. The van der Waals surface area contributed by atoms with Crippen molar-refractivity contribution in [1.29, 1.82) is 0 Å². The van der Waals surface area contributed by atoms with E-state index in [0.717, 1.165) is 48.9 Å². The van der Waals surface area contributed by atoms with Gasteiger partial charge >= 0.3 is 0 Å². The van der Waals surface area contributed by atoms with Crippen molar-refractivity contribution >= 4 is 47.4 Å². The molecule has 0 saturated heterocycles. The number of carbonyl (C=O) groups excluding carboxylic acids is 1. The van der Waals surface area contributed by atoms with E-state index in [0.29, 0.717) is 18.3 Å². The molecule has 0 radical (unpaired) electrons.